The molecule has 0 aliphatic rings. The Kier molecular flexibility index (Phi) is 4.08. The summed E-state index contributed by atoms with van der Waals surface area (Å²) in [7, 11) is 0. The molecule has 0 bridgehead atoms. The number of thiazole rings is 1. The standard InChI is InChI=1S/C19H17N3O3S/c1-11(2)12-6-5-9-15-17(12)21-18(26-15)20-16(23)10-22-13-7-3-4-8-14(13)25-19(22)24/h3-9,11H,10H2,1-2H3,(H,20,21,23). The Morgan fingerprint density at radius 2 is 2.04 bits per heavy atom. The third kappa shape index (κ3) is 2.90. The Hall–Kier alpha value is -2.93. The van der Waals surface area contributed by atoms with Crippen LogP contribution in [0.1, 0.15) is 25.3 Å². The number of hydrogen-bond acceptors (Lipinski definition) is 5. The zero-order valence-electron chi connectivity index (χ0n) is 14.4. The number of anilines is 1. The van der Waals surface area contributed by atoms with Gasteiger partial charge in [-0.05, 0) is 29.7 Å². The molecule has 6 nitrogen and oxygen atoms in total. The summed E-state index contributed by atoms with van der Waals surface area (Å²) >= 11 is 1.42. The molecule has 0 saturated carbocycles. The van der Waals surface area contributed by atoms with Gasteiger partial charge in [0.25, 0.3) is 0 Å². The highest BCUT2D eigenvalue weighted by Gasteiger charge is 2.15. The lowest BCUT2D eigenvalue weighted by atomic mass is 10.0. The van der Waals surface area contributed by atoms with Crippen molar-refractivity contribution in [3.8, 4) is 0 Å². The van der Waals surface area contributed by atoms with Crippen molar-refractivity contribution in [2.24, 2.45) is 0 Å². The van der Waals surface area contributed by atoms with Crippen molar-refractivity contribution in [1.29, 1.82) is 0 Å². The van der Waals surface area contributed by atoms with E-state index in [1.165, 1.54) is 15.9 Å². The number of oxazole rings is 1. The van der Waals surface area contributed by atoms with Crippen molar-refractivity contribution in [3.63, 3.8) is 0 Å². The highest BCUT2D eigenvalue weighted by atomic mass is 32.1. The normalized spacial score (nSPS) is 11.5. The largest absolute Gasteiger partial charge is 0.420 e. The summed E-state index contributed by atoms with van der Waals surface area (Å²) in [5.41, 5.74) is 3.12. The summed E-state index contributed by atoms with van der Waals surface area (Å²) < 4.78 is 7.50. The average Bonchev–Trinajstić information content (AvgIpc) is 3.15. The minimum Gasteiger partial charge on any atom is -0.408 e. The smallest absolute Gasteiger partial charge is 0.408 e. The molecule has 0 atom stereocenters. The lowest BCUT2D eigenvalue weighted by Gasteiger charge is -2.04. The number of carbonyl (C=O) groups is 1. The van der Waals surface area contributed by atoms with E-state index >= 15 is 0 Å². The van der Waals surface area contributed by atoms with Gasteiger partial charge in [0.05, 0.1) is 15.7 Å². The zero-order chi connectivity index (χ0) is 18.3. The molecular weight excluding hydrogens is 350 g/mol. The van der Waals surface area contributed by atoms with Crippen LogP contribution in [-0.2, 0) is 11.3 Å². The predicted molar refractivity (Wildman–Crippen MR) is 103 cm³/mol. The second-order valence-electron chi connectivity index (χ2n) is 6.34. The molecule has 7 heteroatoms. The number of para-hydroxylation sites is 3. The molecule has 2 aromatic carbocycles. The summed E-state index contributed by atoms with van der Waals surface area (Å²) in [5, 5.41) is 3.32. The van der Waals surface area contributed by atoms with Crippen LogP contribution in [0.3, 0.4) is 0 Å². The fourth-order valence-corrected chi connectivity index (χ4v) is 3.87. The zero-order valence-corrected chi connectivity index (χ0v) is 15.2. The van der Waals surface area contributed by atoms with Crippen LogP contribution in [0.15, 0.2) is 51.7 Å². The van der Waals surface area contributed by atoms with Crippen LogP contribution in [0.5, 0.6) is 0 Å². The van der Waals surface area contributed by atoms with Gasteiger partial charge in [-0.25, -0.2) is 9.78 Å². The molecule has 132 valence electrons. The first kappa shape index (κ1) is 16.5. The number of fused-ring (bicyclic) bond motifs is 2. The molecule has 0 aliphatic heterocycles. The number of benzene rings is 2. The Morgan fingerprint density at radius 3 is 2.85 bits per heavy atom. The van der Waals surface area contributed by atoms with E-state index < -0.39 is 5.76 Å². The van der Waals surface area contributed by atoms with Gasteiger partial charge in [-0.1, -0.05) is 49.4 Å². The maximum Gasteiger partial charge on any atom is 0.420 e. The predicted octanol–water partition coefficient (Wildman–Crippen LogP) is 3.97. The molecule has 0 unspecified atom stereocenters. The number of nitrogens with zero attached hydrogens (tertiary/aromatic N) is 2. The number of hydrogen-bond donors (Lipinski definition) is 1. The molecule has 0 fully saturated rings. The summed E-state index contributed by atoms with van der Waals surface area (Å²) in [6.07, 6.45) is 0. The topological polar surface area (TPSA) is 77.1 Å². The summed E-state index contributed by atoms with van der Waals surface area (Å²) in [4.78, 5) is 29.0. The number of rotatable bonds is 4. The molecule has 2 aromatic heterocycles. The molecule has 1 N–H and O–H groups in total. The van der Waals surface area contributed by atoms with Crippen molar-refractivity contribution >= 4 is 43.7 Å². The lowest BCUT2D eigenvalue weighted by molar-refractivity contribution is -0.116. The highest BCUT2D eigenvalue weighted by molar-refractivity contribution is 7.22. The van der Waals surface area contributed by atoms with E-state index in [9.17, 15) is 9.59 Å². The van der Waals surface area contributed by atoms with Crippen LogP contribution in [0.4, 0.5) is 5.13 Å². The van der Waals surface area contributed by atoms with Crippen LogP contribution >= 0.6 is 11.3 Å². The Balaban J connectivity index is 1.60. The second kappa shape index (κ2) is 6.42. The average molecular weight is 367 g/mol. The van der Waals surface area contributed by atoms with E-state index in [0.717, 1.165) is 15.8 Å². The van der Waals surface area contributed by atoms with E-state index in [2.05, 4.69) is 30.2 Å². The van der Waals surface area contributed by atoms with E-state index in [1.807, 2.05) is 12.1 Å². The van der Waals surface area contributed by atoms with Crippen LogP contribution < -0.4 is 11.1 Å². The van der Waals surface area contributed by atoms with Crippen molar-refractivity contribution in [2.45, 2.75) is 26.3 Å². The first-order valence-electron chi connectivity index (χ1n) is 8.30. The van der Waals surface area contributed by atoms with E-state index in [0.29, 0.717) is 22.1 Å². The van der Waals surface area contributed by atoms with Gasteiger partial charge in [0.1, 0.15) is 6.54 Å². The molecular formula is C19H17N3O3S. The first-order chi connectivity index (χ1) is 12.5. The van der Waals surface area contributed by atoms with Crippen LogP contribution in [-0.4, -0.2) is 15.5 Å². The SMILES string of the molecule is CC(C)c1cccc2sc(NC(=O)Cn3c(=O)oc4ccccc43)nc12. The number of amides is 1. The van der Waals surface area contributed by atoms with E-state index in [4.69, 9.17) is 4.42 Å². The van der Waals surface area contributed by atoms with Gasteiger partial charge in [-0.15, -0.1) is 0 Å². The minimum atomic E-state index is -0.548. The Bertz CT molecular complexity index is 1170. The summed E-state index contributed by atoms with van der Waals surface area (Å²) in [6.45, 7) is 4.11. The van der Waals surface area contributed by atoms with Gasteiger partial charge < -0.3 is 9.73 Å². The summed E-state index contributed by atoms with van der Waals surface area (Å²) in [5.74, 6) is -0.517. The van der Waals surface area contributed by atoms with Gasteiger partial charge in [0.2, 0.25) is 5.91 Å². The lowest BCUT2D eigenvalue weighted by Crippen LogP contribution is -2.24. The van der Waals surface area contributed by atoms with Gasteiger partial charge in [0.15, 0.2) is 10.7 Å². The van der Waals surface area contributed by atoms with E-state index in [1.54, 1.807) is 24.3 Å². The monoisotopic (exact) mass is 367 g/mol. The van der Waals surface area contributed by atoms with Crippen LogP contribution in [0.2, 0.25) is 0 Å². The number of aromatic nitrogens is 2. The fraction of sp³-hybridized carbons (Fsp3) is 0.211. The van der Waals surface area contributed by atoms with Crippen LogP contribution in [0, 0.1) is 0 Å². The minimum absolute atomic E-state index is 0.122. The molecule has 0 saturated heterocycles. The third-order valence-corrected chi connectivity index (χ3v) is 5.13. The van der Waals surface area contributed by atoms with Gasteiger partial charge >= 0.3 is 5.76 Å². The van der Waals surface area contributed by atoms with Crippen molar-refractivity contribution in [2.75, 3.05) is 5.32 Å². The molecule has 26 heavy (non-hydrogen) atoms. The first-order valence-corrected chi connectivity index (χ1v) is 9.12. The number of carbonyl (C=O) groups excluding carboxylic acids is 1. The molecule has 0 radical (unpaired) electrons. The third-order valence-electron chi connectivity index (χ3n) is 4.19. The molecule has 4 aromatic rings. The van der Waals surface area contributed by atoms with Gasteiger partial charge in [0, 0.05) is 0 Å². The highest BCUT2D eigenvalue weighted by Crippen LogP contribution is 2.31. The molecule has 4 rings (SSSR count). The molecule has 0 spiro atoms. The van der Waals surface area contributed by atoms with Gasteiger partial charge in [-0.3, -0.25) is 9.36 Å². The maximum atomic E-state index is 12.4. The van der Waals surface area contributed by atoms with E-state index in [-0.39, 0.29) is 12.5 Å². The van der Waals surface area contributed by atoms with Crippen LogP contribution in [0.25, 0.3) is 21.3 Å². The van der Waals surface area contributed by atoms with Crippen molar-refractivity contribution < 1.29 is 9.21 Å². The van der Waals surface area contributed by atoms with Crippen molar-refractivity contribution in [3.05, 3.63) is 58.6 Å². The van der Waals surface area contributed by atoms with Crippen molar-refractivity contribution in [1.82, 2.24) is 9.55 Å². The fourth-order valence-electron chi connectivity index (χ4n) is 2.96. The Labute approximate surface area is 153 Å². The molecule has 2 heterocycles. The maximum absolute atomic E-state index is 12.4. The molecule has 0 aliphatic carbocycles. The van der Waals surface area contributed by atoms with Gasteiger partial charge in [-0.2, -0.15) is 0 Å². The number of nitrogens with one attached hydrogen (secondary N) is 1. The Morgan fingerprint density at radius 1 is 1.23 bits per heavy atom. The quantitative estimate of drug-likeness (QED) is 0.592. The summed E-state index contributed by atoms with van der Waals surface area (Å²) in [6, 6.07) is 13.1. The molecule has 1 amide bonds. The second-order valence-corrected chi connectivity index (χ2v) is 7.37.